The predicted octanol–water partition coefficient (Wildman–Crippen LogP) is 8.61. The van der Waals surface area contributed by atoms with Gasteiger partial charge in [-0.25, -0.2) is 4.98 Å². The normalized spacial score (nSPS) is 15.7. The van der Waals surface area contributed by atoms with Gasteiger partial charge in [0.15, 0.2) is 5.82 Å². The van der Waals surface area contributed by atoms with Gasteiger partial charge in [-0.15, -0.1) is 0 Å². The molecule has 1 unspecified atom stereocenters. The fourth-order valence-corrected chi connectivity index (χ4v) is 10.9. The highest BCUT2D eigenvalue weighted by molar-refractivity contribution is 7.70. The summed E-state index contributed by atoms with van der Waals surface area (Å²) < 4.78 is 18.7. The topological polar surface area (TPSA) is 224 Å². The van der Waals surface area contributed by atoms with Crippen LogP contribution in [-0.2, 0) is 23.7 Å². The number of ether oxygens (including phenoxy) is 1. The van der Waals surface area contributed by atoms with Crippen LogP contribution in [0.5, 0.6) is 5.75 Å². The number of benzene rings is 3. The number of halogens is 1. The second-order valence-electron chi connectivity index (χ2n) is 19.5. The number of methoxy groups -OCH3 is 1. The molecule has 4 heterocycles. The van der Waals surface area contributed by atoms with E-state index in [0.29, 0.717) is 97.0 Å². The van der Waals surface area contributed by atoms with Crippen molar-refractivity contribution in [2.45, 2.75) is 109 Å². The van der Waals surface area contributed by atoms with E-state index in [0.717, 1.165) is 87.6 Å². The fourth-order valence-electron chi connectivity index (χ4n) is 9.59. The van der Waals surface area contributed by atoms with Crippen LogP contribution in [0.4, 0.5) is 34.5 Å². The van der Waals surface area contributed by atoms with Crippen molar-refractivity contribution >= 4 is 94.0 Å². The van der Waals surface area contributed by atoms with E-state index < -0.39 is 36.8 Å². The van der Waals surface area contributed by atoms with Gasteiger partial charge in [-0.1, -0.05) is 81.2 Å². The van der Waals surface area contributed by atoms with Gasteiger partial charge in [0, 0.05) is 81.3 Å². The average molecular weight is 1050 g/mol. The molecule has 3 aliphatic heterocycles. The quantitative estimate of drug-likeness (QED) is 0.0214. The van der Waals surface area contributed by atoms with Crippen molar-refractivity contribution < 1.29 is 38.1 Å². The molecule has 2 fully saturated rings. The fraction of sp³-hybridized carbons (Fsp3) is 0.481. The third-order valence-corrected chi connectivity index (χ3v) is 15.5. The zero-order valence-electron chi connectivity index (χ0n) is 42.8. The molecule has 3 aliphatic rings. The first kappa shape index (κ1) is 55.2. The highest BCUT2D eigenvalue weighted by Gasteiger charge is 2.45. The standard InChI is InChI=1S/C54H70ClN10O8P/c1-73-44-35-37(25-26-40(44)60-54-58-36-39(55)50(62-54)59-41-20-14-15-22-45(41)74(2,3)72)63-31-33-64(34-32-63)48(68)24-13-9-5-4-8-12-23-46(66)57-30-17-11-7-6-10-16-29-56-42-21-18-19-38-49(42)53(71)65(52(38)70)43-27-28-47(67)61-51(43)69/h14-15,18-22,25-26,35-36,43,56H,4-13,16-17,23-24,27-34H2,1-3H3,(H,57,66)(H,61,67,69)(H2,58,59,60,62). The first-order valence-corrected chi connectivity index (χ1v) is 29.0. The Kier molecular flexibility index (Phi) is 19.9. The largest absolute Gasteiger partial charge is 0.494 e. The molecule has 20 heteroatoms. The van der Waals surface area contributed by atoms with Crippen LogP contribution in [0, 0.1) is 0 Å². The zero-order chi connectivity index (χ0) is 52.6. The maximum absolute atomic E-state index is 13.3. The zero-order valence-corrected chi connectivity index (χ0v) is 44.5. The van der Waals surface area contributed by atoms with E-state index in [-0.39, 0.29) is 35.8 Å². The molecule has 6 amide bonds. The summed E-state index contributed by atoms with van der Waals surface area (Å²) in [7, 11) is -0.955. The van der Waals surface area contributed by atoms with Crippen LogP contribution >= 0.6 is 18.7 Å². The molecule has 0 aliphatic carbocycles. The third kappa shape index (κ3) is 14.8. The molecular formula is C54H70ClN10O8P. The molecule has 74 heavy (non-hydrogen) atoms. The SMILES string of the molecule is COc1cc(N2CCN(C(=O)CCCCCCCCC(=O)NCCCCCCCCNc3cccc4c3C(=O)N(C3CCC(=O)NC3=O)C4=O)CC2)ccc1Nc1ncc(Cl)c(Nc2ccccc2P(C)(C)=O)n1. The van der Waals surface area contributed by atoms with Gasteiger partial charge in [-0.3, -0.25) is 39.0 Å². The van der Waals surface area contributed by atoms with Crippen molar-refractivity contribution in [2.75, 3.05) is 80.6 Å². The van der Waals surface area contributed by atoms with Gasteiger partial charge in [0.25, 0.3) is 11.8 Å². The molecule has 2 saturated heterocycles. The minimum Gasteiger partial charge on any atom is -0.494 e. The van der Waals surface area contributed by atoms with Crippen LogP contribution < -0.4 is 41.5 Å². The predicted molar refractivity (Wildman–Crippen MR) is 290 cm³/mol. The van der Waals surface area contributed by atoms with Crippen molar-refractivity contribution in [3.8, 4) is 5.75 Å². The summed E-state index contributed by atoms with van der Waals surface area (Å²) in [6, 6.07) is 17.4. The van der Waals surface area contributed by atoms with E-state index in [1.54, 1.807) is 38.6 Å². The van der Waals surface area contributed by atoms with E-state index in [9.17, 15) is 33.3 Å². The maximum Gasteiger partial charge on any atom is 0.264 e. The van der Waals surface area contributed by atoms with Crippen molar-refractivity contribution in [1.29, 1.82) is 0 Å². The van der Waals surface area contributed by atoms with Crippen molar-refractivity contribution in [2.24, 2.45) is 0 Å². The first-order valence-electron chi connectivity index (χ1n) is 26.0. The Morgan fingerprint density at radius 2 is 1.45 bits per heavy atom. The van der Waals surface area contributed by atoms with Crippen LogP contribution in [0.25, 0.3) is 0 Å². The van der Waals surface area contributed by atoms with Crippen molar-refractivity contribution in [3.63, 3.8) is 0 Å². The summed E-state index contributed by atoms with van der Waals surface area (Å²) in [6.07, 6.45) is 14.5. The molecule has 396 valence electrons. The molecule has 3 aromatic carbocycles. The number of nitrogens with one attached hydrogen (secondary N) is 5. The molecule has 5 N–H and O–H groups in total. The number of carbonyl (C=O) groups is 6. The summed E-state index contributed by atoms with van der Waals surface area (Å²) in [6.45, 7) is 7.47. The molecule has 7 rings (SSSR count). The second-order valence-corrected chi connectivity index (χ2v) is 23.0. The summed E-state index contributed by atoms with van der Waals surface area (Å²) in [4.78, 5) is 90.0. The lowest BCUT2D eigenvalue weighted by molar-refractivity contribution is -0.136. The second kappa shape index (κ2) is 26.6. The minimum absolute atomic E-state index is 0.0786. The highest BCUT2D eigenvalue weighted by Crippen LogP contribution is 2.39. The number of unbranched alkanes of at least 4 members (excludes halogenated alkanes) is 10. The smallest absolute Gasteiger partial charge is 0.264 e. The number of piperazine rings is 1. The lowest BCUT2D eigenvalue weighted by Gasteiger charge is -2.36. The Bertz CT molecular complexity index is 2710. The number of aromatic nitrogens is 2. The Hall–Kier alpha value is -6.52. The maximum atomic E-state index is 13.3. The van der Waals surface area contributed by atoms with Crippen LogP contribution in [0.1, 0.15) is 123 Å². The Morgan fingerprint density at radius 1 is 0.770 bits per heavy atom. The Morgan fingerprint density at radius 3 is 2.16 bits per heavy atom. The molecule has 0 saturated carbocycles. The molecule has 0 spiro atoms. The van der Waals surface area contributed by atoms with Gasteiger partial charge in [0.2, 0.25) is 29.6 Å². The number of fused-ring (bicyclic) bond motifs is 1. The number of amides is 6. The number of piperidine rings is 1. The number of rotatable bonds is 27. The number of carbonyl (C=O) groups excluding carboxylic acids is 6. The molecule has 0 bridgehead atoms. The van der Waals surface area contributed by atoms with Crippen molar-refractivity contribution in [1.82, 2.24) is 30.4 Å². The van der Waals surface area contributed by atoms with E-state index in [1.807, 2.05) is 47.4 Å². The van der Waals surface area contributed by atoms with Crippen molar-refractivity contribution in [3.05, 3.63) is 83.0 Å². The van der Waals surface area contributed by atoms with Crippen LogP contribution in [0.15, 0.2) is 66.9 Å². The van der Waals surface area contributed by atoms with Gasteiger partial charge in [-0.2, -0.15) is 4.98 Å². The molecule has 18 nitrogen and oxygen atoms in total. The number of hydrogen-bond acceptors (Lipinski definition) is 14. The van der Waals surface area contributed by atoms with Crippen LogP contribution in [0.2, 0.25) is 5.02 Å². The molecule has 4 aromatic rings. The van der Waals surface area contributed by atoms with Crippen LogP contribution in [0.3, 0.4) is 0 Å². The highest BCUT2D eigenvalue weighted by atomic mass is 35.5. The molecule has 1 aromatic heterocycles. The summed E-state index contributed by atoms with van der Waals surface area (Å²) >= 11 is 6.47. The monoisotopic (exact) mass is 1050 g/mol. The molecular weight excluding hydrogens is 983 g/mol. The van der Waals surface area contributed by atoms with Gasteiger partial charge in [-0.05, 0) is 81.8 Å². The lowest BCUT2D eigenvalue weighted by Crippen LogP contribution is -2.54. The number of anilines is 6. The number of para-hydroxylation sites is 1. The third-order valence-electron chi connectivity index (χ3n) is 13.7. The number of imide groups is 2. The summed E-state index contributed by atoms with van der Waals surface area (Å²) in [5.74, 6) is -0.467. The van der Waals surface area contributed by atoms with E-state index in [1.165, 1.54) is 6.20 Å². The van der Waals surface area contributed by atoms with Gasteiger partial charge in [0.1, 0.15) is 24.0 Å². The Labute approximate surface area is 438 Å². The van der Waals surface area contributed by atoms with Gasteiger partial charge < -0.3 is 40.4 Å². The number of nitrogens with zero attached hydrogens (tertiary/aromatic N) is 5. The molecule has 0 radical (unpaired) electrons. The van der Waals surface area contributed by atoms with Crippen LogP contribution in [-0.4, -0.2) is 121 Å². The summed E-state index contributed by atoms with van der Waals surface area (Å²) in [5, 5.41) is 16.1. The molecule has 1 atom stereocenters. The minimum atomic E-state index is -2.57. The lowest BCUT2D eigenvalue weighted by atomic mass is 10.0. The van der Waals surface area contributed by atoms with Gasteiger partial charge >= 0.3 is 0 Å². The summed E-state index contributed by atoms with van der Waals surface area (Å²) in [5.41, 5.74) is 3.44. The van der Waals surface area contributed by atoms with E-state index in [2.05, 4.69) is 41.5 Å². The average Bonchev–Trinajstić information content (AvgIpc) is 3.64. The Balaban J connectivity index is 0.689. The van der Waals surface area contributed by atoms with E-state index >= 15 is 0 Å². The van der Waals surface area contributed by atoms with Gasteiger partial charge in [0.05, 0.1) is 35.8 Å². The number of hydrogen-bond donors (Lipinski definition) is 5. The van der Waals surface area contributed by atoms with E-state index in [4.69, 9.17) is 16.3 Å². The first-order chi connectivity index (χ1) is 35.7.